The second kappa shape index (κ2) is 7.79. The van der Waals surface area contributed by atoms with Gasteiger partial charge in [-0.25, -0.2) is 4.79 Å². The van der Waals surface area contributed by atoms with Crippen molar-refractivity contribution in [1.29, 1.82) is 0 Å². The smallest absolute Gasteiger partial charge is 0.341 e. The van der Waals surface area contributed by atoms with Crippen molar-refractivity contribution in [1.82, 2.24) is 0 Å². The molecule has 7 heteroatoms. The van der Waals surface area contributed by atoms with Crippen molar-refractivity contribution in [3.63, 3.8) is 0 Å². The van der Waals surface area contributed by atoms with Gasteiger partial charge in [-0.15, -0.1) is 11.3 Å². The fourth-order valence-corrected chi connectivity index (χ4v) is 4.18. The summed E-state index contributed by atoms with van der Waals surface area (Å²) in [6.45, 7) is 6.94. The van der Waals surface area contributed by atoms with Crippen LogP contribution in [0.1, 0.15) is 54.9 Å². The summed E-state index contributed by atoms with van der Waals surface area (Å²) < 4.78 is 10.0. The first-order valence-corrected chi connectivity index (χ1v) is 8.94. The van der Waals surface area contributed by atoms with E-state index in [9.17, 15) is 14.4 Å². The average molecular weight is 353 g/mol. The summed E-state index contributed by atoms with van der Waals surface area (Å²) >= 11 is 1.41. The topological polar surface area (TPSA) is 81.7 Å². The molecule has 0 fully saturated rings. The highest BCUT2D eigenvalue weighted by Crippen LogP contribution is 2.40. The van der Waals surface area contributed by atoms with E-state index in [1.807, 2.05) is 0 Å². The second-order valence-corrected chi connectivity index (χ2v) is 7.12. The minimum Gasteiger partial charge on any atom is -0.462 e. The molecule has 0 saturated heterocycles. The van der Waals surface area contributed by atoms with Crippen molar-refractivity contribution in [3.05, 3.63) is 16.0 Å². The first-order valence-electron chi connectivity index (χ1n) is 8.13. The Balaban J connectivity index is 2.29. The van der Waals surface area contributed by atoms with E-state index in [0.717, 1.165) is 29.7 Å². The molecule has 0 radical (unpaired) electrons. The van der Waals surface area contributed by atoms with E-state index >= 15 is 0 Å². The number of esters is 2. The van der Waals surface area contributed by atoms with E-state index in [1.54, 1.807) is 6.92 Å². The Morgan fingerprint density at radius 3 is 2.71 bits per heavy atom. The fraction of sp³-hybridized carbons (Fsp3) is 0.588. The van der Waals surface area contributed by atoms with E-state index in [1.165, 1.54) is 25.2 Å². The number of nitrogens with one attached hydrogen (secondary N) is 1. The summed E-state index contributed by atoms with van der Waals surface area (Å²) in [5, 5.41) is 3.21. The zero-order chi connectivity index (χ0) is 17.9. The molecule has 6 nitrogen and oxygen atoms in total. The van der Waals surface area contributed by atoms with Crippen molar-refractivity contribution in [2.24, 2.45) is 5.92 Å². The number of fused-ring (bicyclic) bond motifs is 1. The summed E-state index contributed by atoms with van der Waals surface area (Å²) in [5.41, 5.74) is 1.43. The molecule has 0 spiro atoms. The zero-order valence-corrected chi connectivity index (χ0v) is 15.2. The number of carbonyl (C=O) groups is 3. The number of thiophene rings is 1. The van der Waals surface area contributed by atoms with Crippen LogP contribution in [-0.4, -0.2) is 30.6 Å². The Hall–Kier alpha value is -1.89. The molecule has 0 bridgehead atoms. The van der Waals surface area contributed by atoms with Crippen LogP contribution in [0.25, 0.3) is 0 Å². The van der Waals surface area contributed by atoms with E-state index < -0.39 is 23.9 Å². The lowest BCUT2D eigenvalue weighted by Crippen LogP contribution is -2.29. The maximum atomic E-state index is 12.4. The summed E-state index contributed by atoms with van der Waals surface area (Å²) in [7, 11) is 0. The lowest BCUT2D eigenvalue weighted by atomic mass is 9.88. The van der Waals surface area contributed by atoms with Gasteiger partial charge in [-0.1, -0.05) is 6.92 Å². The Bertz CT molecular complexity index is 652. The number of hydrogen-bond acceptors (Lipinski definition) is 6. The van der Waals surface area contributed by atoms with Crippen LogP contribution in [0.3, 0.4) is 0 Å². The first-order chi connectivity index (χ1) is 11.3. The fourth-order valence-electron chi connectivity index (χ4n) is 2.77. The van der Waals surface area contributed by atoms with E-state index in [0.29, 0.717) is 16.5 Å². The number of carbonyl (C=O) groups excluding carboxylic acids is 3. The molecule has 1 aliphatic carbocycles. The molecule has 1 N–H and O–H groups in total. The van der Waals surface area contributed by atoms with Crippen LogP contribution in [0.2, 0.25) is 0 Å². The van der Waals surface area contributed by atoms with Crippen LogP contribution < -0.4 is 5.32 Å². The predicted octanol–water partition coefficient (Wildman–Crippen LogP) is 2.94. The Labute approximate surface area is 145 Å². The quantitative estimate of drug-likeness (QED) is 0.823. The predicted molar refractivity (Wildman–Crippen MR) is 91.3 cm³/mol. The lowest BCUT2D eigenvalue weighted by Gasteiger charge is -2.18. The average Bonchev–Trinajstić information content (AvgIpc) is 2.83. The molecule has 1 amide bonds. The summed E-state index contributed by atoms with van der Waals surface area (Å²) in [5.74, 6) is -0.848. The van der Waals surface area contributed by atoms with Crippen LogP contribution >= 0.6 is 11.3 Å². The molecular weight excluding hydrogens is 330 g/mol. The van der Waals surface area contributed by atoms with Crippen molar-refractivity contribution in [3.8, 4) is 0 Å². The number of hydrogen-bond donors (Lipinski definition) is 1. The van der Waals surface area contributed by atoms with Crippen LogP contribution in [0, 0.1) is 5.92 Å². The normalized spacial score (nSPS) is 17.6. The molecule has 1 aliphatic rings. The van der Waals surface area contributed by atoms with Gasteiger partial charge in [-0.3, -0.25) is 9.59 Å². The molecule has 2 atom stereocenters. The van der Waals surface area contributed by atoms with Crippen molar-refractivity contribution >= 4 is 34.2 Å². The van der Waals surface area contributed by atoms with Crippen molar-refractivity contribution < 1.29 is 23.9 Å². The molecular formula is C17H23NO5S. The summed E-state index contributed by atoms with van der Waals surface area (Å²) in [4.78, 5) is 36.7. The van der Waals surface area contributed by atoms with Crippen molar-refractivity contribution in [2.45, 2.75) is 53.1 Å². The van der Waals surface area contributed by atoms with E-state index in [4.69, 9.17) is 9.47 Å². The molecule has 24 heavy (non-hydrogen) atoms. The van der Waals surface area contributed by atoms with Crippen LogP contribution in [0.4, 0.5) is 5.00 Å². The lowest BCUT2D eigenvalue weighted by molar-refractivity contribution is -0.150. The second-order valence-electron chi connectivity index (χ2n) is 6.02. The SMILES string of the molecule is CCOC(=O)c1c(NC(=O)[C@H](C)OC(C)=O)sc2c1CCC(C)C2. The molecule has 0 aliphatic heterocycles. The van der Waals surface area contributed by atoms with Gasteiger partial charge in [0, 0.05) is 11.8 Å². The third-order valence-electron chi connectivity index (χ3n) is 3.94. The maximum Gasteiger partial charge on any atom is 0.341 e. The highest BCUT2D eigenvalue weighted by atomic mass is 32.1. The molecule has 0 aromatic carbocycles. The molecule has 1 aromatic heterocycles. The highest BCUT2D eigenvalue weighted by Gasteiger charge is 2.30. The Kier molecular flexibility index (Phi) is 5.99. The third-order valence-corrected chi connectivity index (χ3v) is 5.11. The third kappa shape index (κ3) is 4.14. The van der Waals surface area contributed by atoms with Gasteiger partial charge in [0.2, 0.25) is 0 Å². The Morgan fingerprint density at radius 1 is 1.38 bits per heavy atom. The highest BCUT2D eigenvalue weighted by molar-refractivity contribution is 7.17. The van der Waals surface area contributed by atoms with Gasteiger partial charge in [0.1, 0.15) is 5.00 Å². The number of ether oxygens (including phenoxy) is 2. The van der Waals surface area contributed by atoms with Gasteiger partial charge < -0.3 is 14.8 Å². The summed E-state index contributed by atoms with van der Waals surface area (Å²) in [6, 6.07) is 0. The monoisotopic (exact) mass is 353 g/mol. The largest absolute Gasteiger partial charge is 0.462 e. The number of amides is 1. The molecule has 132 valence electrons. The van der Waals surface area contributed by atoms with Crippen LogP contribution in [-0.2, 0) is 31.9 Å². The molecule has 1 aromatic rings. The molecule has 1 heterocycles. The van der Waals surface area contributed by atoms with Gasteiger partial charge >= 0.3 is 11.9 Å². The number of anilines is 1. The summed E-state index contributed by atoms with van der Waals surface area (Å²) in [6.07, 6.45) is 1.78. The van der Waals surface area contributed by atoms with Gasteiger partial charge in [0.05, 0.1) is 12.2 Å². The standard InChI is InChI=1S/C17H23NO5S/c1-5-22-17(21)14-12-7-6-9(2)8-13(12)24-16(14)18-15(20)10(3)23-11(4)19/h9-10H,5-8H2,1-4H3,(H,18,20)/t9?,10-/m0/s1. The zero-order valence-electron chi connectivity index (χ0n) is 14.4. The molecule has 2 rings (SSSR count). The minimum atomic E-state index is -0.921. The molecule has 1 unspecified atom stereocenters. The maximum absolute atomic E-state index is 12.4. The Morgan fingerprint density at radius 2 is 2.08 bits per heavy atom. The van der Waals surface area contributed by atoms with E-state index in [2.05, 4.69) is 12.2 Å². The number of rotatable bonds is 5. The van der Waals surface area contributed by atoms with Gasteiger partial charge in [0.25, 0.3) is 5.91 Å². The van der Waals surface area contributed by atoms with Gasteiger partial charge in [-0.05, 0) is 44.6 Å². The van der Waals surface area contributed by atoms with Crippen molar-refractivity contribution in [2.75, 3.05) is 11.9 Å². The first kappa shape index (κ1) is 18.4. The van der Waals surface area contributed by atoms with Crippen LogP contribution in [0.15, 0.2) is 0 Å². The van der Waals surface area contributed by atoms with E-state index in [-0.39, 0.29) is 6.61 Å². The van der Waals surface area contributed by atoms with Crippen LogP contribution in [0.5, 0.6) is 0 Å². The van der Waals surface area contributed by atoms with Gasteiger partial charge in [0.15, 0.2) is 6.10 Å². The van der Waals surface area contributed by atoms with Gasteiger partial charge in [-0.2, -0.15) is 0 Å². The minimum absolute atomic E-state index is 0.275. The molecule has 0 saturated carbocycles.